The molecule has 1 heterocycles. The standard InChI is InChI=1S/C7H9N3O2/c8-9-4-1-5-10-6(11)2-3-7(10)12/h2-3,8H,1,4-5H2/p+1. The first-order chi connectivity index (χ1) is 5.75. The number of nitrogens with zero attached hydrogens (tertiary/aromatic N) is 2. The molecule has 0 atom stereocenters. The van der Waals surface area contributed by atoms with Crippen molar-refractivity contribution in [1.82, 2.24) is 4.90 Å². The summed E-state index contributed by atoms with van der Waals surface area (Å²) in [4.78, 5) is 23.0. The van der Waals surface area contributed by atoms with E-state index in [1.165, 1.54) is 17.1 Å². The Kier molecular flexibility index (Phi) is 2.68. The van der Waals surface area contributed by atoms with Crippen LogP contribution in [0.3, 0.4) is 0 Å². The Bertz CT molecular complexity index is 229. The molecule has 1 aliphatic rings. The Hall–Kier alpha value is -1.52. The van der Waals surface area contributed by atoms with Gasteiger partial charge >= 0.3 is 0 Å². The van der Waals surface area contributed by atoms with Crippen LogP contribution in [-0.2, 0) is 9.59 Å². The second-order valence-corrected chi connectivity index (χ2v) is 2.42. The second kappa shape index (κ2) is 3.75. The number of carbonyl (C=O) groups is 2. The van der Waals surface area contributed by atoms with Gasteiger partial charge in [-0.05, 0) is 11.5 Å². The summed E-state index contributed by atoms with van der Waals surface area (Å²) in [7, 11) is 0. The Morgan fingerprint density at radius 2 is 1.92 bits per heavy atom. The third-order valence-electron chi connectivity index (χ3n) is 1.57. The third kappa shape index (κ3) is 1.75. The zero-order valence-electron chi connectivity index (χ0n) is 6.56. The Morgan fingerprint density at radius 3 is 2.42 bits per heavy atom. The Balaban J connectivity index is 2.37. The number of imide groups is 1. The van der Waals surface area contributed by atoms with E-state index < -0.39 is 0 Å². The maximum Gasteiger partial charge on any atom is 0.253 e. The number of amides is 2. The average molecular weight is 168 g/mol. The van der Waals surface area contributed by atoms with Crippen LogP contribution in [0.5, 0.6) is 0 Å². The minimum Gasteiger partial charge on any atom is -0.275 e. The van der Waals surface area contributed by atoms with Crippen LogP contribution >= 0.6 is 0 Å². The summed E-state index contributed by atoms with van der Waals surface area (Å²) in [6, 6.07) is 0. The molecule has 0 aliphatic carbocycles. The molecule has 12 heavy (non-hydrogen) atoms. The Morgan fingerprint density at radius 1 is 1.33 bits per heavy atom. The van der Waals surface area contributed by atoms with Crippen molar-refractivity contribution in [2.45, 2.75) is 6.42 Å². The molecule has 0 radical (unpaired) electrons. The van der Waals surface area contributed by atoms with Crippen molar-refractivity contribution in [2.24, 2.45) is 5.11 Å². The van der Waals surface area contributed by atoms with Gasteiger partial charge in [-0.2, -0.15) is 5.53 Å². The van der Waals surface area contributed by atoms with Gasteiger partial charge in [-0.1, -0.05) is 0 Å². The van der Waals surface area contributed by atoms with E-state index in [1.807, 2.05) is 0 Å². The molecule has 0 fully saturated rings. The lowest BCUT2D eigenvalue weighted by Gasteiger charge is -2.11. The minimum absolute atomic E-state index is 0.253. The highest BCUT2D eigenvalue weighted by Gasteiger charge is 2.22. The molecule has 0 saturated heterocycles. The summed E-state index contributed by atoms with van der Waals surface area (Å²) in [5.74, 6) is -0.506. The molecule has 5 nitrogen and oxygen atoms in total. The fourth-order valence-electron chi connectivity index (χ4n) is 0.972. The van der Waals surface area contributed by atoms with Gasteiger partial charge in [0.25, 0.3) is 11.8 Å². The van der Waals surface area contributed by atoms with E-state index in [9.17, 15) is 9.59 Å². The number of hydrogen-bond donors (Lipinski definition) is 1. The van der Waals surface area contributed by atoms with Crippen LogP contribution in [0.4, 0.5) is 0 Å². The fraction of sp³-hybridized carbons (Fsp3) is 0.429. The maximum atomic E-state index is 10.9. The minimum atomic E-state index is -0.253. The van der Waals surface area contributed by atoms with Gasteiger partial charge in [0.15, 0.2) is 0 Å². The molecular formula is C7H10N3O2+. The number of rotatable bonds is 4. The SMILES string of the molecule is [NH2+]=NCCCN1C(=O)C=CC1=O. The lowest BCUT2D eigenvalue weighted by Crippen LogP contribution is -2.32. The van der Waals surface area contributed by atoms with E-state index in [1.54, 1.807) is 0 Å². The van der Waals surface area contributed by atoms with Gasteiger partial charge in [0.05, 0.1) is 0 Å². The molecule has 5 heteroatoms. The molecule has 0 aromatic heterocycles. The average Bonchev–Trinajstić information content (AvgIpc) is 2.35. The molecule has 1 rings (SSSR count). The molecule has 2 amide bonds. The van der Waals surface area contributed by atoms with E-state index >= 15 is 0 Å². The van der Waals surface area contributed by atoms with Crippen LogP contribution in [0.1, 0.15) is 6.42 Å². The molecule has 64 valence electrons. The van der Waals surface area contributed by atoms with E-state index in [0.717, 1.165) is 0 Å². The fourth-order valence-corrected chi connectivity index (χ4v) is 0.972. The summed E-state index contributed by atoms with van der Waals surface area (Å²) < 4.78 is 0. The van der Waals surface area contributed by atoms with Gasteiger partial charge in [0.1, 0.15) is 6.54 Å². The highest BCUT2D eigenvalue weighted by Crippen LogP contribution is 2.03. The summed E-state index contributed by atoms with van der Waals surface area (Å²) in [5.41, 5.74) is 4.90. The second-order valence-electron chi connectivity index (χ2n) is 2.42. The molecule has 0 spiro atoms. The molecular weight excluding hydrogens is 158 g/mol. The number of carbonyl (C=O) groups excluding carboxylic acids is 2. The van der Waals surface area contributed by atoms with E-state index in [-0.39, 0.29) is 11.8 Å². The van der Waals surface area contributed by atoms with Crippen LogP contribution in [0.15, 0.2) is 17.3 Å². The normalized spacial score (nSPS) is 15.8. The predicted octanol–water partition coefficient (Wildman–Crippen LogP) is -1.49. The van der Waals surface area contributed by atoms with Crippen molar-refractivity contribution >= 4 is 11.8 Å². The lowest BCUT2D eigenvalue weighted by atomic mass is 10.4. The molecule has 1 aliphatic heterocycles. The summed E-state index contributed by atoms with van der Waals surface area (Å²) >= 11 is 0. The van der Waals surface area contributed by atoms with Crippen molar-refractivity contribution in [2.75, 3.05) is 13.1 Å². The molecule has 0 saturated carbocycles. The topological polar surface area (TPSA) is 75.3 Å². The van der Waals surface area contributed by atoms with Crippen molar-refractivity contribution in [1.29, 1.82) is 0 Å². The monoisotopic (exact) mass is 168 g/mol. The van der Waals surface area contributed by atoms with Gasteiger partial charge in [-0.15, -0.1) is 0 Å². The van der Waals surface area contributed by atoms with Gasteiger partial charge in [-0.25, -0.2) is 0 Å². The zero-order chi connectivity index (χ0) is 8.97. The van der Waals surface area contributed by atoms with Crippen molar-refractivity contribution < 1.29 is 15.1 Å². The van der Waals surface area contributed by atoms with E-state index in [2.05, 4.69) is 5.11 Å². The van der Waals surface area contributed by atoms with Crippen LogP contribution in [0.25, 0.3) is 0 Å². The summed E-state index contributed by atoms with van der Waals surface area (Å²) in [5, 5.41) is 3.38. The van der Waals surface area contributed by atoms with Gasteiger partial charge in [-0.3, -0.25) is 14.5 Å². The zero-order valence-corrected chi connectivity index (χ0v) is 6.56. The highest BCUT2D eigenvalue weighted by atomic mass is 16.2. The highest BCUT2D eigenvalue weighted by molar-refractivity contribution is 6.12. The van der Waals surface area contributed by atoms with Gasteiger partial charge < -0.3 is 0 Å². The predicted molar refractivity (Wildman–Crippen MR) is 39.7 cm³/mol. The van der Waals surface area contributed by atoms with Crippen molar-refractivity contribution in [3.63, 3.8) is 0 Å². The summed E-state index contributed by atoms with van der Waals surface area (Å²) in [6.45, 7) is 0.864. The van der Waals surface area contributed by atoms with Gasteiger partial charge in [0, 0.05) is 18.7 Å². The number of hydrogen-bond acceptors (Lipinski definition) is 3. The first-order valence-electron chi connectivity index (χ1n) is 3.66. The lowest BCUT2D eigenvalue weighted by molar-refractivity contribution is -0.222. The molecule has 0 unspecified atom stereocenters. The largest absolute Gasteiger partial charge is 0.275 e. The number of nitrogens with two attached hydrogens (primary N) is 1. The van der Waals surface area contributed by atoms with E-state index in [4.69, 9.17) is 5.53 Å². The Labute approximate surface area is 69.6 Å². The molecule has 0 aromatic rings. The molecule has 0 aromatic carbocycles. The first-order valence-corrected chi connectivity index (χ1v) is 3.66. The maximum absolute atomic E-state index is 10.9. The third-order valence-corrected chi connectivity index (χ3v) is 1.57. The van der Waals surface area contributed by atoms with Crippen LogP contribution < -0.4 is 5.53 Å². The van der Waals surface area contributed by atoms with Gasteiger partial charge in [0.2, 0.25) is 0 Å². The molecule has 0 bridgehead atoms. The van der Waals surface area contributed by atoms with Crippen molar-refractivity contribution in [3.05, 3.63) is 12.2 Å². The van der Waals surface area contributed by atoms with Crippen molar-refractivity contribution in [3.8, 4) is 0 Å². The first kappa shape index (κ1) is 8.58. The van der Waals surface area contributed by atoms with Crippen LogP contribution in [0, 0.1) is 0 Å². The van der Waals surface area contributed by atoms with E-state index in [0.29, 0.717) is 19.5 Å². The quantitative estimate of drug-likeness (QED) is 0.315. The molecule has 2 N–H and O–H groups in total. The smallest absolute Gasteiger partial charge is 0.253 e. The van der Waals surface area contributed by atoms with Crippen LogP contribution in [-0.4, -0.2) is 29.8 Å². The summed E-state index contributed by atoms with van der Waals surface area (Å²) in [6.07, 6.45) is 3.15. The van der Waals surface area contributed by atoms with Crippen LogP contribution in [0.2, 0.25) is 0 Å².